The molecular formula is C18H18N2O4. The second-order valence-corrected chi connectivity index (χ2v) is 6.16. The SMILES string of the molecule is O=C(N[C@@H]1COc2ccccc21)[C@@H]1CC(=O)N(Cc2ccco2)C1. The zero-order valence-corrected chi connectivity index (χ0v) is 13.1. The summed E-state index contributed by atoms with van der Waals surface area (Å²) in [6.45, 7) is 1.26. The smallest absolute Gasteiger partial charge is 0.226 e. The number of benzene rings is 1. The summed E-state index contributed by atoms with van der Waals surface area (Å²) in [4.78, 5) is 26.3. The number of para-hydroxylation sites is 1. The fourth-order valence-electron chi connectivity index (χ4n) is 3.26. The average molecular weight is 326 g/mol. The van der Waals surface area contributed by atoms with Crippen LogP contribution >= 0.6 is 0 Å². The van der Waals surface area contributed by atoms with Gasteiger partial charge in [-0.05, 0) is 18.2 Å². The van der Waals surface area contributed by atoms with Crippen molar-refractivity contribution >= 4 is 11.8 Å². The minimum Gasteiger partial charge on any atom is -0.491 e. The first-order chi connectivity index (χ1) is 11.7. The summed E-state index contributed by atoms with van der Waals surface area (Å²) in [6.07, 6.45) is 1.82. The molecule has 0 spiro atoms. The average Bonchev–Trinajstić information content (AvgIpc) is 3.30. The number of amides is 2. The molecule has 6 nitrogen and oxygen atoms in total. The molecule has 0 bridgehead atoms. The maximum Gasteiger partial charge on any atom is 0.226 e. The summed E-state index contributed by atoms with van der Waals surface area (Å²) in [5.41, 5.74) is 0.989. The molecule has 124 valence electrons. The fourth-order valence-corrected chi connectivity index (χ4v) is 3.26. The lowest BCUT2D eigenvalue weighted by atomic mass is 10.1. The Balaban J connectivity index is 1.38. The van der Waals surface area contributed by atoms with Gasteiger partial charge in [0, 0.05) is 18.5 Å². The number of furan rings is 1. The Morgan fingerprint density at radius 1 is 1.25 bits per heavy atom. The molecule has 1 fully saturated rings. The first-order valence-corrected chi connectivity index (χ1v) is 8.03. The lowest BCUT2D eigenvalue weighted by molar-refractivity contribution is -0.129. The van der Waals surface area contributed by atoms with Gasteiger partial charge >= 0.3 is 0 Å². The van der Waals surface area contributed by atoms with Crippen LogP contribution < -0.4 is 10.1 Å². The van der Waals surface area contributed by atoms with Crippen molar-refractivity contribution in [3.05, 3.63) is 54.0 Å². The summed E-state index contributed by atoms with van der Waals surface area (Å²) in [6, 6.07) is 11.2. The molecule has 4 rings (SSSR count). The van der Waals surface area contributed by atoms with E-state index in [-0.39, 0.29) is 30.2 Å². The van der Waals surface area contributed by atoms with E-state index in [0.717, 1.165) is 17.1 Å². The van der Waals surface area contributed by atoms with E-state index in [1.54, 1.807) is 17.2 Å². The number of rotatable bonds is 4. The molecule has 0 saturated carbocycles. The summed E-state index contributed by atoms with van der Waals surface area (Å²) in [5.74, 6) is 1.08. The van der Waals surface area contributed by atoms with E-state index in [9.17, 15) is 9.59 Å². The lowest BCUT2D eigenvalue weighted by Crippen LogP contribution is -2.36. The van der Waals surface area contributed by atoms with Crippen molar-refractivity contribution in [2.24, 2.45) is 5.92 Å². The molecule has 1 saturated heterocycles. The van der Waals surface area contributed by atoms with Crippen molar-refractivity contribution in [1.82, 2.24) is 10.2 Å². The van der Waals surface area contributed by atoms with Crippen LogP contribution in [0.2, 0.25) is 0 Å². The van der Waals surface area contributed by atoms with E-state index >= 15 is 0 Å². The van der Waals surface area contributed by atoms with Gasteiger partial charge in [0.15, 0.2) is 0 Å². The van der Waals surface area contributed by atoms with Gasteiger partial charge in [-0.3, -0.25) is 9.59 Å². The minimum absolute atomic E-state index is 0.0189. The van der Waals surface area contributed by atoms with Crippen LogP contribution in [-0.2, 0) is 16.1 Å². The maximum absolute atomic E-state index is 12.5. The second-order valence-electron chi connectivity index (χ2n) is 6.16. The van der Waals surface area contributed by atoms with E-state index < -0.39 is 0 Å². The molecule has 2 aliphatic heterocycles. The van der Waals surface area contributed by atoms with Crippen molar-refractivity contribution in [2.75, 3.05) is 13.2 Å². The highest BCUT2D eigenvalue weighted by Gasteiger charge is 2.36. The Bertz CT molecular complexity index is 756. The highest BCUT2D eigenvalue weighted by molar-refractivity contribution is 5.89. The molecule has 6 heteroatoms. The number of carbonyl (C=O) groups excluding carboxylic acids is 2. The van der Waals surface area contributed by atoms with Crippen LogP contribution in [0, 0.1) is 5.92 Å². The van der Waals surface area contributed by atoms with Gasteiger partial charge in [0.05, 0.1) is 24.8 Å². The largest absolute Gasteiger partial charge is 0.491 e. The molecule has 3 heterocycles. The second kappa shape index (κ2) is 6.03. The van der Waals surface area contributed by atoms with Crippen LogP contribution in [0.4, 0.5) is 0 Å². The molecule has 0 unspecified atom stereocenters. The summed E-state index contributed by atoms with van der Waals surface area (Å²) >= 11 is 0. The highest BCUT2D eigenvalue weighted by Crippen LogP contribution is 2.32. The lowest BCUT2D eigenvalue weighted by Gasteiger charge is -2.17. The van der Waals surface area contributed by atoms with Crippen molar-refractivity contribution in [1.29, 1.82) is 0 Å². The Kier molecular flexibility index (Phi) is 3.72. The molecule has 2 atom stereocenters. The van der Waals surface area contributed by atoms with Gasteiger partial charge in [0.25, 0.3) is 0 Å². The van der Waals surface area contributed by atoms with Crippen LogP contribution in [-0.4, -0.2) is 29.9 Å². The van der Waals surface area contributed by atoms with Gasteiger partial charge < -0.3 is 19.4 Å². The molecule has 2 aliphatic rings. The standard InChI is InChI=1S/C18H18N2O4/c21-17-8-12(9-20(17)10-13-4-3-7-23-13)18(22)19-15-11-24-16-6-2-1-5-14(15)16/h1-7,12,15H,8-11H2,(H,19,22)/t12-,15-/m1/s1. The van der Waals surface area contributed by atoms with Crippen LogP contribution in [0.1, 0.15) is 23.8 Å². The van der Waals surface area contributed by atoms with E-state index in [1.807, 2.05) is 30.3 Å². The maximum atomic E-state index is 12.5. The predicted molar refractivity (Wildman–Crippen MR) is 85.1 cm³/mol. The molecule has 0 aliphatic carbocycles. The predicted octanol–water partition coefficient (Wildman–Crippen LogP) is 1.88. The van der Waals surface area contributed by atoms with E-state index in [1.165, 1.54) is 0 Å². The monoisotopic (exact) mass is 326 g/mol. The fraction of sp³-hybridized carbons (Fsp3) is 0.333. The quantitative estimate of drug-likeness (QED) is 0.931. The first-order valence-electron chi connectivity index (χ1n) is 8.03. The zero-order chi connectivity index (χ0) is 16.5. The molecular weight excluding hydrogens is 308 g/mol. The molecule has 2 aromatic rings. The van der Waals surface area contributed by atoms with E-state index in [4.69, 9.17) is 9.15 Å². The topological polar surface area (TPSA) is 71.8 Å². The van der Waals surface area contributed by atoms with Gasteiger partial charge in [0.1, 0.15) is 18.1 Å². The Morgan fingerprint density at radius 2 is 2.12 bits per heavy atom. The number of carbonyl (C=O) groups is 2. The number of hydrogen-bond donors (Lipinski definition) is 1. The Labute approximate surface area is 139 Å². The highest BCUT2D eigenvalue weighted by atomic mass is 16.5. The van der Waals surface area contributed by atoms with Gasteiger partial charge in [0.2, 0.25) is 11.8 Å². The number of likely N-dealkylation sites (tertiary alicyclic amines) is 1. The zero-order valence-electron chi connectivity index (χ0n) is 13.1. The number of hydrogen-bond acceptors (Lipinski definition) is 4. The van der Waals surface area contributed by atoms with Crippen LogP contribution in [0.15, 0.2) is 47.1 Å². The Hall–Kier alpha value is -2.76. The van der Waals surface area contributed by atoms with Crippen molar-refractivity contribution in [3.8, 4) is 5.75 Å². The first kappa shape index (κ1) is 14.8. The minimum atomic E-state index is -0.333. The van der Waals surface area contributed by atoms with E-state index in [2.05, 4.69) is 5.32 Å². The molecule has 1 N–H and O–H groups in total. The molecule has 2 amide bonds. The molecule has 24 heavy (non-hydrogen) atoms. The number of ether oxygens (including phenoxy) is 1. The van der Waals surface area contributed by atoms with Gasteiger partial charge in [-0.2, -0.15) is 0 Å². The van der Waals surface area contributed by atoms with Crippen molar-refractivity contribution < 1.29 is 18.7 Å². The third-order valence-electron chi connectivity index (χ3n) is 4.53. The molecule has 1 aromatic carbocycles. The van der Waals surface area contributed by atoms with Crippen LogP contribution in [0.5, 0.6) is 5.75 Å². The molecule has 0 radical (unpaired) electrons. The van der Waals surface area contributed by atoms with Gasteiger partial charge in [-0.15, -0.1) is 0 Å². The van der Waals surface area contributed by atoms with Crippen LogP contribution in [0.3, 0.4) is 0 Å². The number of nitrogens with zero attached hydrogens (tertiary/aromatic N) is 1. The third kappa shape index (κ3) is 2.75. The van der Waals surface area contributed by atoms with Gasteiger partial charge in [-0.1, -0.05) is 18.2 Å². The van der Waals surface area contributed by atoms with Crippen molar-refractivity contribution in [3.63, 3.8) is 0 Å². The van der Waals surface area contributed by atoms with Crippen LogP contribution in [0.25, 0.3) is 0 Å². The normalized spacial score (nSPS) is 22.3. The number of fused-ring (bicyclic) bond motifs is 1. The summed E-state index contributed by atoms with van der Waals surface area (Å²) < 4.78 is 10.9. The summed E-state index contributed by atoms with van der Waals surface area (Å²) in [5, 5.41) is 3.01. The Morgan fingerprint density at radius 3 is 2.96 bits per heavy atom. The van der Waals surface area contributed by atoms with E-state index in [0.29, 0.717) is 19.7 Å². The van der Waals surface area contributed by atoms with Crippen molar-refractivity contribution in [2.45, 2.75) is 19.0 Å². The summed E-state index contributed by atoms with van der Waals surface area (Å²) in [7, 11) is 0. The molecule has 1 aromatic heterocycles. The number of nitrogens with one attached hydrogen (secondary N) is 1. The third-order valence-corrected chi connectivity index (χ3v) is 4.53. The van der Waals surface area contributed by atoms with Gasteiger partial charge in [-0.25, -0.2) is 0 Å².